The number of carbonyl (C=O) groups is 1. The molecule has 33 heavy (non-hydrogen) atoms. The highest BCUT2D eigenvalue weighted by Crippen LogP contribution is 2.25. The van der Waals surface area contributed by atoms with Gasteiger partial charge in [0.15, 0.2) is 0 Å². The van der Waals surface area contributed by atoms with Crippen molar-refractivity contribution in [2.24, 2.45) is 0 Å². The molecule has 0 atom stereocenters. The molecule has 1 aliphatic heterocycles. The molecule has 1 aliphatic rings. The molecule has 0 unspecified atom stereocenters. The SMILES string of the molecule is Cc1nn(Cc2ccccc2)c(C)c1S(=O)(=O)N1CCN(C(=O)C=Cc2ccccc2)CC1. The van der Waals surface area contributed by atoms with Crippen LogP contribution in [-0.2, 0) is 21.4 Å². The Balaban J connectivity index is 1.44. The molecule has 0 spiro atoms. The fourth-order valence-corrected chi connectivity index (χ4v) is 5.87. The summed E-state index contributed by atoms with van der Waals surface area (Å²) in [6.45, 7) is 5.27. The van der Waals surface area contributed by atoms with Gasteiger partial charge in [-0.05, 0) is 31.1 Å². The largest absolute Gasteiger partial charge is 0.337 e. The molecule has 8 heteroatoms. The Hall–Kier alpha value is -3.23. The van der Waals surface area contributed by atoms with Crippen molar-refractivity contribution in [3.63, 3.8) is 0 Å². The lowest BCUT2D eigenvalue weighted by Gasteiger charge is -2.33. The Labute approximate surface area is 195 Å². The van der Waals surface area contributed by atoms with Crippen LogP contribution in [0, 0.1) is 13.8 Å². The van der Waals surface area contributed by atoms with Gasteiger partial charge in [-0.1, -0.05) is 60.7 Å². The van der Waals surface area contributed by atoms with Crippen molar-refractivity contribution in [2.45, 2.75) is 25.3 Å². The second-order valence-electron chi connectivity index (χ2n) is 8.12. The summed E-state index contributed by atoms with van der Waals surface area (Å²) >= 11 is 0. The minimum absolute atomic E-state index is 0.112. The minimum atomic E-state index is -3.71. The Morgan fingerprint density at radius 3 is 2.18 bits per heavy atom. The number of nitrogens with zero attached hydrogens (tertiary/aromatic N) is 4. The molecule has 1 amide bonds. The zero-order valence-electron chi connectivity index (χ0n) is 18.9. The third-order valence-corrected chi connectivity index (χ3v) is 8.01. The fraction of sp³-hybridized carbons (Fsp3) is 0.280. The molecule has 1 aromatic heterocycles. The predicted octanol–water partition coefficient (Wildman–Crippen LogP) is 3.09. The van der Waals surface area contributed by atoms with Crippen LogP contribution in [0.5, 0.6) is 0 Å². The van der Waals surface area contributed by atoms with E-state index in [2.05, 4.69) is 5.10 Å². The quantitative estimate of drug-likeness (QED) is 0.526. The maximum absolute atomic E-state index is 13.4. The van der Waals surface area contributed by atoms with E-state index in [0.29, 0.717) is 31.0 Å². The Morgan fingerprint density at radius 2 is 1.55 bits per heavy atom. The van der Waals surface area contributed by atoms with Crippen LogP contribution in [0.15, 0.2) is 71.6 Å². The van der Waals surface area contributed by atoms with Crippen molar-refractivity contribution in [1.82, 2.24) is 19.0 Å². The Kier molecular flexibility index (Phi) is 6.76. The molecule has 0 saturated carbocycles. The van der Waals surface area contributed by atoms with Gasteiger partial charge in [0, 0.05) is 32.3 Å². The molecule has 1 fully saturated rings. The van der Waals surface area contributed by atoms with Gasteiger partial charge in [-0.15, -0.1) is 0 Å². The Morgan fingerprint density at radius 1 is 0.939 bits per heavy atom. The van der Waals surface area contributed by atoms with Crippen LogP contribution < -0.4 is 0 Å². The Bertz CT molecular complexity index is 1240. The van der Waals surface area contributed by atoms with Crippen LogP contribution in [0.4, 0.5) is 0 Å². The highest BCUT2D eigenvalue weighted by molar-refractivity contribution is 7.89. The van der Waals surface area contributed by atoms with E-state index in [4.69, 9.17) is 0 Å². The van der Waals surface area contributed by atoms with Crippen LogP contribution in [-0.4, -0.2) is 59.5 Å². The van der Waals surface area contributed by atoms with Crippen molar-refractivity contribution in [1.29, 1.82) is 0 Å². The van der Waals surface area contributed by atoms with E-state index < -0.39 is 10.0 Å². The highest BCUT2D eigenvalue weighted by atomic mass is 32.2. The van der Waals surface area contributed by atoms with E-state index in [-0.39, 0.29) is 23.9 Å². The predicted molar refractivity (Wildman–Crippen MR) is 128 cm³/mol. The molecule has 4 rings (SSSR count). The average Bonchev–Trinajstić information content (AvgIpc) is 3.12. The van der Waals surface area contributed by atoms with Gasteiger partial charge in [0.05, 0.1) is 17.9 Å². The minimum Gasteiger partial charge on any atom is -0.337 e. The summed E-state index contributed by atoms with van der Waals surface area (Å²) in [6.07, 6.45) is 3.32. The molecule has 1 saturated heterocycles. The first-order chi connectivity index (χ1) is 15.9. The number of piperazine rings is 1. The summed E-state index contributed by atoms with van der Waals surface area (Å²) in [6, 6.07) is 19.5. The highest BCUT2D eigenvalue weighted by Gasteiger charge is 2.33. The molecular weight excluding hydrogens is 436 g/mol. The molecule has 2 heterocycles. The van der Waals surface area contributed by atoms with E-state index in [1.165, 1.54) is 4.31 Å². The standard InChI is InChI=1S/C25H28N4O3S/c1-20-25(21(2)29(26-20)19-23-11-7-4-8-12-23)33(31,32)28-17-15-27(16-18-28)24(30)14-13-22-9-5-3-6-10-22/h3-14H,15-19H2,1-2H3. The number of carbonyl (C=O) groups excluding carboxylic acids is 1. The first-order valence-corrected chi connectivity index (χ1v) is 12.4. The normalized spacial score (nSPS) is 15.3. The topological polar surface area (TPSA) is 75.5 Å². The molecular formula is C25H28N4O3S. The lowest BCUT2D eigenvalue weighted by Crippen LogP contribution is -2.50. The van der Waals surface area contributed by atoms with Crippen molar-refractivity contribution in [3.05, 3.63) is 89.3 Å². The number of aryl methyl sites for hydroxylation is 1. The van der Waals surface area contributed by atoms with Gasteiger partial charge in [0.1, 0.15) is 4.90 Å². The molecule has 2 aromatic carbocycles. The summed E-state index contributed by atoms with van der Waals surface area (Å²) in [5.41, 5.74) is 3.13. The second-order valence-corrected chi connectivity index (χ2v) is 9.99. The molecule has 172 valence electrons. The first kappa shape index (κ1) is 22.9. The summed E-state index contributed by atoms with van der Waals surface area (Å²) < 4.78 is 30.1. The van der Waals surface area contributed by atoms with E-state index in [1.54, 1.807) is 35.6 Å². The van der Waals surface area contributed by atoms with E-state index in [9.17, 15) is 13.2 Å². The van der Waals surface area contributed by atoms with Gasteiger partial charge in [0.2, 0.25) is 15.9 Å². The summed E-state index contributed by atoms with van der Waals surface area (Å²) in [4.78, 5) is 14.5. The van der Waals surface area contributed by atoms with Gasteiger partial charge in [0.25, 0.3) is 0 Å². The molecule has 7 nitrogen and oxygen atoms in total. The summed E-state index contributed by atoms with van der Waals surface area (Å²) in [5.74, 6) is -0.112. The average molecular weight is 465 g/mol. The number of aromatic nitrogens is 2. The zero-order chi connectivity index (χ0) is 23.4. The van der Waals surface area contributed by atoms with E-state index in [1.807, 2.05) is 60.7 Å². The van der Waals surface area contributed by atoms with Crippen LogP contribution in [0.2, 0.25) is 0 Å². The lowest BCUT2D eigenvalue weighted by molar-refractivity contribution is -0.127. The number of benzene rings is 2. The van der Waals surface area contributed by atoms with Crippen LogP contribution in [0.3, 0.4) is 0 Å². The lowest BCUT2D eigenvalue weighted by atomic mass is 10.2. The van der Waals surface area contributed by atoms with Crippen molar-refractivity contribution < 1.29 is 13.2 Å². The third-order valence-electron chi connectivity index (χ3n) is 5.86. The number of sulfonamides is 1. The van der Waals surface area contributed by atoms with Gasteiger partial charge in [-0.2, -0.15) is 9.40 Å². The van der Waals surface area contributed by atoms with Gasteiger partial charge >= 0.3 is 0 Å². The maximum Gasteiger partial charge on any atom is 0.246 e. The number of hydrogen-bond donors (Lipinski definition) is 0. The molecule has 0 radical (unpaired) electrons. The van der Waals surface area contributed by atoms with Crippen molar-refractivity contribution >= 4 is 22.0 Å². The summed E-state index contributed by atoms with van der Waals surface area (Å²) in [7, 11) is -3.71. The van der Waals surface area contributed by atoms with Gasteiger partial charge in [-0.3, -0.25) is 9.48 Å². The second kappa shape index (κ2) is 9.72. The van der Waals surface area contributed by atoms with Crippen LogP contribution in [0.25, 0.3) is 6.08 Å². The van der Waals surface area contributed by atoms with Gasteiger partial charge < -0.3 is 4.90 Å². The van der Waals surface area contributed by atoms with Crippen LogP contribution >= 0.6 is 0 Å². The first-order valence-electron chi connectivity index (χ1n) is 11.0. The maximum atomic E-state index is 13.4. The van der Waals surface area contributed by atoms with E-state index in [0.717, 1.165) is 11.1 Å². The number of hydrogen-bond acceptors (Lipinski definition) is 4. The monoisotopic (exact) mass is 464 g/mol. The number of amides is 1. The third kappa shape index (κ3) is 5.07. The molecule has 0 N–H and O–H groups in total. The number of rotatable bonds is 6. The molecule has 3 aromatic rings. The van der Waals surface area contributed by atoms with Crippen LogP contribution in [0.1, 0.15) is 22.5 Å². The molecule has 0 aliphatic carbocycles. The summed E-state index contributed by atoms with van der Waals surface area (Å²) in [5, 5.41) is 4.50. The van der Waals surface area contributed by atoms with Gasteiger partial charge in [-0.25, -0.2) is 8.42 Å². The van der Waals surface area contributed by atoms with E-state index >= 15 is 0 Å². The molecule has 0 bridgehead atoms. The zero-order valence-corrected chi connectivity index (χ0v) is 19.7. The van der Waals surface area contributed by atoms with Crippen molar-refractivity contribution in [3.8, 4) is 0 Å². The van der Waals surface area contributed by atoms with Crippen molar-refractivity contribution in [2.75, 3.05) is 26.2 Å². The fourth-order valence-electron chi connectivity index (χ4n) is 4.08. The smallest absolute Gasteiger partial charge is 0.246 e.